The highest BCUT2D eigenvalue weighted by atomic mass is 19.1. The molecule has 0 bridgehead atoms. The Kier molecular flexibility index (Phi) is 4.15. The summed E-state index contributed by atoms with van der Waals surface area (Å²) in [5, 5.41) is 7.33. The fraction of sp³-hybridized carbons (Fsp3) is 0.615. The third kappa shape index (κ3) is 4.17. The lowest BCUT2D eigenvalue weighted by Crippen LogP contribution is -2.36. The third-order valence-electron chi connectivity index (χ3n) is 2.78. The fourth-order valence-corrected chi connectivity index (χ4v) is 1.87. The van der Waals surface area contributed by atoms with E-state index in [1.165, 1.54) is 17.0 Å². The molecule has 7 nitrogen and oxygen atoms in total. The number of aromatic nitrogens is 2. The van der Waals surface area contributed by atoms with Crippen LogP contribution in [0.2, 0.25) is 0 Å². The monoisotopic (exact) mass is 298 g/mol. The quantitative estimate of drug-likeness (QED) is 0.887. The molecule has 8 heteroatoms. The molecule has 0 saturated carbocycles. The smallest absolute Gasteiger partial charge is 0.410 e. The second kappa shape index (κ2) is 5.71. The summed E-state index contributed by atoms with van der Waals surface area (Å²) in [6.45, 7) is 5.30. The Balaban J connectivity index is 1.94. The van der Waals surface area contributed by atoms with E-state index in [1.807, 2.05) is 0 Å². The summed E-state index contributed by atoms with van der Waals surface area (Å²) in [6.07, 6.45) is -2.66. The van der Waals surface area contributed by atoms with E-state index < -0.39 is 24.0 Å². The fourth-order valence-electron chi connectivity index (χ4n) is 1.87. The minimum absolute atomic E-state index is 0.0675. The Hall–Kier alpha value is -2.12. The summed E-state index contributed by atoms with van der Waals surface area (Å²) in [5.74, 6) is 0.420. The van der Waals surface area contributed by atoms with Gasteiger partial charge in [0.05, 0.1) is 13.1 Å². The van der Waals surface area contributed by atoms with E-state index >= 15 is 0 Å². The minimum Gasteiger partial charge on any atom is -0.468 e. The predicted octanol–water partition coefficient (Wildman–Crippen LogP) is 1.39. The van der Waals surface area contributed by atoms with Crippen molar-refractivity contribution in [3.63, 3.8) is 0 Å². The molecular weight excluding hydrogens is 279 g/mol. The summed E-state index contributed by atoms with van der Waals surface area (Å²) in [6, 6.07) is 3.02. The van der Waals surface area contributed by atoms with Gasteiger partial charge >= 0.3 is 6.09 Å². The topological polar surface area (TPSA) is 90.6 Å². The van der Waals surface area contributed by atoms with Crippen LogP contribution in [0.4, 0.5) is 15.0 Å². The predicted molar refractivity (Wildman–Crippen MR) is 73.6 cm³/mol. The summed E-state index contributed by atoms with van der Waals surface area (Å²) in [4.78, 5) is 13.2. The first kappa shape index (κ1) is 15.3. The number of likely N-dealkylation sites (tertiary alicyclic amines) is 1. The van der Waals surface area contributed by atoms with Gasteiger partial charge in [0.25, 0.3) is 0 Å². The zero-order valence-electron chi connectivity index (χ0n) is 12.2. The molecule has 0 aliphatic carbocycles. The van der Waals surface area contributed by atoms with Gasteiger partial charge in [0.15, 0.2) is 12.3 Å². The SMILES string of the molecule is CC(C)(C)OC(=O)N1C[C@H](Oc2ccc(N)nn2)[C@@H](F)C1. The van der Waals surface area contributed by atoms with Gasteiger partial charge in [-0.05, 0) is 26.8 Å². The van der Waals surface area contributed by atoms with Crippen molar-refractivity contribution in [2.75, 3.05) is 18.8 Å². The van der Waals surface area contributed by atoms with Crippen LogP contribution in [0.25, 0.3) is 0 Å². The maximum atomic E-state index is 13.9. The number of hydrogen-bond acceptors (Lipinski definition) is 6. The van der Waals surface area contributed by atoms with Crippen LogP contribution in [-0.4, -0.2) is 52.2 Å². The van der Waals surface area contributed by atoms with Crippen molar-refractivity contribution in [1.82, 2.24) is 15.1 Å². The average molecular weight is 298 g/mol. The molecule has 0 radical (unpaired) electrons. The number of halogens is 1. The number of ether oxygens (including phenoxy) is 2. The molecule has 1 aliphatic rings. The van der Waals surface area contributed by atoms with Crippen molar-refractivity contribution in [2.45, 2.75) is 38.6 Å². The number of nitrogen functional groups attached to an aromatic ring is 1. The molecule has 2 atom stereocenters. The van der Waals surface area contributed by atoms with Gasteiger partial charge in [-0.1, -0.05) is 0 Å². The molecule has 21 heavy (non-hydrogen) atoms. The highest BCUT2D eigenvalue weighted by Gasteiger charge is 2.39. The van der Waals surface area contributed by atoms with Gasteiger partial charge < -0.3 is 20.1 Å². The first-order valence-electron chi connectivity index (χ1n) is 6.62. The van der Waals surface area contributed by atoms with Crippen LogP contribution >= 0.6 is 0 Å². The molecule has 0 unspecified atom stereocenters. The van der Waals surface area contributed by atoms with Crippen molar-refractivity contribution < 1.29 is 18.7 Å². The van der Waals surface area contributed by atoms with Gasteiger partial charge in [0, 0.05) is 6.07 Å². The molecule has 1 aromatic rings. The van der Waals surface area contributed by atoms with E-state index in [9.17, 15) is 9.18 Å². The van der Waals surface area contributed by atoms with Crippen molar-refractivity contribution in [1.29, 1.82) is 0 Å². The lowest BCUT2D eigenvalue weighted by Gasteiger charge is -2.24. The first-order chi connectivity index (χ1) is 9.74. The highest BCUT2D eigenvalue weighted by Crippen LogP contribution is 2.21. The van der Waals surface area contributed by atoms with Crippen molar-refractivity contribution in [3.8, 4) is 5.88 Å². The summed E-state index contributed by atoms with van der Waals surface area (Å²) >= 11 is 0. The van der Waals surface area contributed by atoms with Crippen LogP contribution in [-0.2, 0) is 4.74 Å². The largest absolute Gasteiger partial charge is 0.468 e. The highest BCUT2D eigenvalue weighted by molar-refractivity contribution is 5.68. The van der Waals surface area contributed by atoms with Crippen LogP contribution in [0.1, 0.15) is 20.8 Å². The first-order valence-corrected chi connectivity index (χ1v) is 6.62. The van der Waals surface area contributed by atoms with Crippen LogP contribution in [0.3, 0.4) is 0 Å². The molecule has 2 rings (SSSR count). The number of carbonyl (C=O) groups is 1. The van der Waals surface area contributed by atoms with E-state index in [-0.39, 0.29) is 24.8 Å². The molecular formula is C13H19FN4O3. The second-order valence-corrected chi connectivity index (χ2v) is 5.85. The molecule has 1 aromatic heterocycles. The van der Waals surface area contributed by atoms with E-state index in [0.29, 0.717) is 0 Å². The lowest BCUT2D eigenvalue weighted by molar-refractivity contribution is 0.0273. The Labute approximate surface area is 122 Å². The van der Waals surface area contributed by atoms with Gasteiger partial charge in [-0.2, -0.15) is 0 Å². The zero-order valence-corrected chi connectivity index (χ0v) is 12.2. The number of alkyl halides is 1. The Bertz CT molecular complexity index is 503. The Morgan fingerprint density at radius 2 is 2.10 bits per heavy atom. The molecule has 2 N–H and O–H groups in total. The van der Waals surface area contributed by atoms with Crippen molar-refractivity contribution >= 4 is 11.9 Å². The molecule has 1 fully saturated rings. The summed E-state index contributed by atoms with van der Waals surface area (Å²) in [5.41, 5.74) is 4.79. The van der Waals surface area contributed by atoms with E-state index in [4.69, 9.17) is 15.2 Å². The maximum Gasteiger partial charge on any atom is 0.410 e. The molecule has 0 spiro atoms. The number of carbonyl (C=O) groups excluding carboxylic acids is 1. The van der Waals surface area contributed by atoms with E-state index in [1.54, 1.807) is 20.8 Å². The molecule has 2 heterocycles. The van der Waals surface area contributed by atoms with Gasteiger partial charge in [-0.25, -0.2) is 9.18 Å². The van der Waals surface area contributed by atoms with Crippen molar-refractivity contribution in [3.05, 3.63) is 12.1 Å². The molecule has 116 valence electrons. The zero-order chi connectivity index (χ0) is 15.6. The van der Waals surface area contributed by atoms with E-state index in [0.717, 1.165) is 0 Å². The van der Waals surface area contributed by atoms with Crippen LogP contribution in [0, 0.1) is 0 Å². The molecule has 1 saturated heterocycles. The standard InChI is InChI=1S/C13H19FN4O3/c1-13(2,3)21-12(19)18-6-8(14)9(7-18)20-11-5-4-10(15)16-17-11/h4-5,8-9H,6-7H2,1-3H3,(H2,15,16)/t8-,9-/m0/s1. The molecule has 0 aromatic carbocycles. The second-order valence-electron chi connectivity index (χ2n) is 5.85. The number of anilines is 1. The van der Waals surface area contributed by atoms with Gasteiger partial charge in [-0.3, -0.25) is 0 Å². The third-order valence-corrected chi connectivity index (χ3v) is 2.78. The summed E-state index contributed by atoms with van der Waals surface area (Å²) in [7, 11) is 0. The number of amides is 1. The normalized spacial score (nSPS) is 22.2. The van der Waals surface area contributed by atoms with Crippen LogP contribution in [0.15, 0.2) is 12.1 Å². The minimum atomic E-state index is -1.31. The lowest BCUT2D eigenvalue weighted by atomic mass is 10.2. The van der Waals surface area contributed by atoms with Crippen LogP contribution < -0.4 is 10.5 Å². The number of rotatable bonds is 2. The molecule has 1 aliphatic heterocycles. The van der Waals surface area contributed by atoms with Gasteiger partial charge in [0.1, 0.15) is 11.4 Å². The summed E-state index contributed by atoms with van der Waals surface area (Å²) < 4.78 is 24.6. The Morgan fingerprint density at radius 1 is 1.38 bits per heavy atom. The number of nitrogens with zero attached hydrogens (tertiary/aromatic N) is 3. The van der Waals surface area contributed by atoms with E-state index in [2.05, 4.69) is 10.2 Å². The van der Waals surface area contributed by atoms with Crippen molar-refractivity contribution in [2.24, 2.45) is 0 Å². The molecule has 1 amide bonds. The van der Waals surface area contributed by atoms with Gasteiger partial charge in [0.2, 0.25) is 5.88 Å². The number of hydrogen-bond donors (Lipinski definition) is 1. The number of nitrogens with two attached hydrogens (primary N) is 1. The average Bonchev–Trinajstić information content (AvgIpc) is 2.72. The van der Waals surface area contributed by atoms with Crippen LogP contribution in [0.5, 0.6) is 5.88 Å². The van der Waals surface area contributed by atoms with Gasteiger partial charge in [-0.15, -0.1) is 10.2 Å². The maximum absolute atomic E-state index is 13.9. The Morgan fingerprint density at radius 3 is 2.67 bits per heavy atom.